The van der Waals surface area contributed by atoms with E-state index in [9.17, 15) is 9.59 Å². The first-order valence-corrected chi connectivity index (χ1v) is 14.5. The smallest absolute Gasteiger partial charge is 0.248 e. The summed E-state index contributed by atoms with van der Waals surface area (Å²) in [5.41, 5.74) is 21.0. The molecule has 1 amide bonds. The Balaban J connectivity index is 0.000000195. The summed E-state index contributed by atoms with van der Waals surface area (Å²) in [6.45, 7) is 0. The summed E-state index contributed by atoms with van der Waals surface area (Å²) >= 11 is 0. The van der Waals surface area contributed by atoms with E-state index in [1.165, 1.54) is 29.8 Å². The van der Waals surface area contributed by atoms with Gasteiger partial charge in [-0.3, -0.25) is 19.3 Å². The number of fused-ring (bicyclic) bond motifs is 3. The number of carbonyl (C=O) groups excluding carboxylic acids is 2. The molecule has 220 valence electrons. The molecule has 1 aliphatic carbocycles. The molecule has 0 saturated carbocycles. The number of nitrogens with one attached hydrogen (secondary N) is 1. The fourth-order valence-corrected chi connectivity index (χ4v) is 5.78. The van der Waals surface area contributed by atoms with E-state index in [4.69, 9.17) is 21.4 Å². The van der Waals surface area contributed by atoms with Crippen molar-refractivity contribution in [3.8, 4) is 28.3 Å². The molecular weight excluding hydrogens is 564 g/mol. The maximum atomic E-state index is 10.9. The lowest BCUT2D eigenvalue weighted by Gasteiger charge is -2.12. The van der Waals surface area contributed by atoms with E-state index < -0.39 is 5.91 Å². The van der Waals surface area contributed by atoms with Crippen LogP contribution in [0.5, 0.6) is 0 Å². The van der Waals surface area contributed by atoms with Crippen LogP contribution in [0.25, 0.3) is 50.4 Å². The predicted octanol–water partition coefficient (Wildman–Crippen LogP) is 5.69. The maximum Gasteiger partial charge on any atom is 0.248 e. The fourth-order valence-electron chi connectivity index (χ4n) is 5.78. The number of hydrogen-bond donors (Lipinski definition) is 3. The van der Waals surface area contributed by atoms with E-state index in [2.05, 4.69) is 50.1 Å². The number of aryl methyl sites for hydroxylation is 2. The molecule has 5 N–H and O–H groups in total. The molecule has 0 saturated heterocycles. The SMILES string of the molecule is NC(=O)c1cc(C=O)c2[nH]ncc2c1.Nc1ncccc1-c1nc2ccc(-c3ccccc3)nc2n1-c1ccc2c(c1)CCC2. The van der Waals surface area contributed by atoms with Gasteiger partial charge in [0, 0.05) is 34.0 Å². The molecule has 0 aliphatic heterocycles. The normalized spacial score (nSPS) is 12.1. The number of anilines is 1. The van der Waals surface area contributed by atoms with Crippen LogP contribution in [-0.2, 0) is 12.8 Å². The van der Waals surface area contributed by atoms with E-state index in [0.717, 1.165) is 52.3 Å². The highest BCUT2D eigenvalue weighted by atomic mass is 16.1. The molecule has 0 spiro atoms. The number of aldehydes is 1. The Morgan fingerprint density at radius 3 is 2.56 bits per heavy atom. The molecule has 1 aliphatic rings. The highest BCUT2D eigenvalue weighted by Gasteiger charge is 2.20. The van der Waals surface area contributed by atoms with Gasteiger partial charge in [-0.1, -0.05) is 36.4 Å². The second-order valence-corrected chi connectivity index (χ2v) is 10.8. The number of nitrogens with two attached hydrogens (primary N) is 2. The van der Waals surface area contributed by atoms with Crippen LogP contribution < -0.4 is 11.5 Å². The van der Waals surface area contributed by atoms with E-state index in [-0.39, 0.29) is 0 Å². The van der Waals surface area contributed by atoms with Gasteiger partial charge in [0.1, 0.15) is 11.3 Å². The molecule has 4 heterocycles. The Hall–Kier alpha value is -6.16. The third-order valence-corrected chi connectivity index (χ3v) is 7.98. The molecule has 8 rings (SSSR count). The maximum absolute atomic E-state index is 10.9. The number of hydrogen-bond acceptors (Lipinski definition) is 7. The highest BCUT2D eigenvalue weighted by molar-refractivity contribution is 6.03. The average Bonchev–Trinajstić information content (AvgIpc) is 3.83. The average molecular weight is 593 g/mol. The van der Waals surface area contributed by atoms with E-state index in [1.807, 2.05) is 42.5 Å². The number of amides is 1. The lowest BCUT2D eigenvalue weighted by molar-refractivity contribution is 0.100. The molecule has 45 heavy (non-hydrogen) atoms. The van der Waals surface area contributed by atoms with Crippen molar-refractivity contribution in [2.24, 2.45) is 5.73 Å². The molecule has 10 heteroatoms. The molecule has 0 bridgehead atoms. The van der Waals surface area contributed by atoms with E-state index >= 15 is 0 Å². The molecule has 0 radical (unpaired) electrons. The second-order valence-electron chi connectivity index (χ2n) is 10.8. The van der Waals surface area contributed by atoms with Crippen molar-refractivity contribution in [1.29, 1.82) is 0 Å². The number of nitrogens with zero attached hydrogens (tertiary/aromatic N) is 5. The van der Waals surface area contributed by atoms with E-state index in [1.54, 1.807) is 12.3 Å². The number of primary amides is 1. The zero-order chi connectivity index (χ0) is 30.9. The molecule has 3 aromatic carbocycles. The van der Waals surface area contributed by atoms with Crippen LogP contribution >= 0.6 is 0 Å². The zero-order valence-electron chi connectivity index (χ0n) is 24.1. The number of aromatic nitrogens is 6. The number of nitrogen functional groups attached to an aromatic ring is 1. The summed E-state index contributed by atoms with van der Waals surface area (Å²) in [5, 5.41) is 7.14. The Labute approximate surface area is 257 Å². The van der Waals surface area contributed by atoms with Crippen LogP contribution in [0.2, 0.25) is 0 Å². The summed E-state index contributed by atoms with van der Waals surface area (Å²) in [6.07, 6.45) is 7.37. The van der Waals surface area contributed by atoms with Crippen LogP contribution in [0.4, 0.5) is 5.82 Å². The quantitative estimate of drug-likeness (QED) is 0.216. The first-order chi connectivity index (χ1) is 22.0. The van der Waals surface area contributed by atoms with Crippen LogP contribution in [0.1, 0.15) is 38.3 Å². The van der Waals surface area contributed by atoms with Crippen LogP contribution in [0.3, 0.4) is 0 Å². The Morgan fingerprint density at radius 1 is 0.911 bits per heavy atom. The summed E-state index contributed by atoms with van der Waals surface area (Å²) in [4.78, 5) is 35.9. The Morgan fingerprint density at radius 2 is 1.76 bits per heavy atom. The van der Waals surface area contributed by atoms with Crippen molar-refractivity contribution in [3.05, 3.63) is 120 Å². The van der Waals surface area contributed by atoms with Crippen molar-refractivity contribution >= 4 is 40.1 Å². The number of carbonyl (C=O) groups is 2. The van der Waals surface area contributed by atoms with Gasteiger partial charge in [0.05, 0.1) is 23.0 Å². The minimum atomic E-state index is -0.559. The number of imidazole rings is 1. The van der Waals surface area contributed by atoms with Gasteiger partial charge in [0.15, 0.2) is 17.8 Å². The van der Waals surface area contributed by atoms with Crippen LogP contribution in [0, 0.1) is 0 Å². The van der Waals surface area contributed by atoms with Gasteiger partial charge in [-0.15, -0.1) is 0 Å². The van der Waals surface area contributed by atoms with Crippen molar-refractivity contribution in [1.82, 2.24) is 29.7 Å². The van der Waals surface area contributed by atoms with Crippen molar-refractivity contribution in [2.45, 2.75) is 19.3 Å². The van der Waals surface area contributed by atoms with E-state index in [0.29, 0.717) is 34.1 Å². The molecule has 10 nitrogen and oxygen atoms in total. The standard InChI is InChI=1S/C26H21N5.C9H7N3O2/c27-24-21(10-5-15-28-24)25-30-23-14-13-22(18-6-2-1-3-7-18)29-26(23)31(25)20-12-11-17-8-4-9-19(17)16-20;10-9(14)5-1-6-3-11-12-8(6)7(2-5)4-13/h1-3,5-7,10-16H,4,8-9H2,(H2,27,28);1-4H,(H2,10,14)(H,11,12). The van der Waals surface area contributed by atoms with Gasteiger partial charge in [-0.2, -0.15) is 5.10 Å². The third kappa shape index (κ3) is 5.18. The molecule has 0 atom stereocenters. The van der Waals surface area contributed by atoms with Crippen molar-refractivity contribution in [3.63, 3.8) is 0 Å². The zero-order valence-corrected chi connectivity index (χ0v) is 24.1. The van der Waals surface area contributed by atoms with Gasteiger partial charge < -0.3 is 11.5 Å². The first kappa shape index (κ1) is 27.7. The summed E-state index contributed by atoms with van der Waals surface area (Å²) in [7, 11) is 0. The molecule has 0 unspecified atom stereocenters. The molecule has 0 fully saturated rings. The second kappa shape index (κ2) is 11.5. The summed E-state index contributed by atoms with van der Waals surface area (Å²) in [6, 6.07) is 27.8. The largest absolute Gasteiger partial charge is 0.383 e. The Kier molecular flexibility index (Phi) is 7.07. The number of aromatic amines is 1. The summed E-state index contributed by atoms with van der Waals surface area (Å²) in [5.74, 6) is 0.663. The third-order valence-electron chi connectivity index (χ3n) is 7.98. The lowest BCUT2D eigenvalue weighted by Crippen LogP contribution is -2.11. The van der Waals surface area contributed by atoms with Crippen molar-refractivity contribution in [2.75, 3.05) is 5.73 Å². The molecule has 4 aromatic heterocycles. The number of pyridine rings is 2. The van der Waals surface area contributed by atoms with Gasteiger partial charge in [-0.25, -0.2) is 15.0 Å². The van der Waals surface area contributed by atoms with Gasteiger partial charge >= 0.3 is 0 Å². The molecule has 7 aromatic rings. The minimum Gasteiger partial charge on any atom is -0.383 e. The van der Waals surface area contributed by atoms with Crippen LogP contribution in [-0.4, -0.2) is 41.9 Å². The van der Waals surface area contributed by atoms with Crippen molar-refractivity contribution < 1.29 is 9.59 Å². The fraction of sp³-hybridized carbons (Fsp3) is 0.0857. The lowest BCUT2D eigenvalue weighted by atomic mass is 10.1. The number of rotatable bonds is 5. The monoisotopic (exact) mass is 592 g/mol. The first-order valence-electron chi connectivity index (χ1n) is 14.5. The Bertz CT molecular complexity index is 2220. The molecular formula is C35H28N8O2. The van der Waals surface area contributed by atoms with Gasteiger partial charge in [0.2, 0.25) is 5.91 Å². The number of H-pyrrole nitrogens is 1. The van der Waals surface area contributed by atoms with Crippen LogP contribution in [0.15, 0.2) is 97.3 Å². The topological polar surface area (TPSA) is 158 Å². The summed E-state index contributed by atoms with van der Waals surface area (Å²) < 4.78 is 2.12. The minimum absolute atomic E-state index is 0.306. The van der Waals surface area contributed by atoms with Gasteiger partial charge in [-0.05, 0) is 78.9 Å². The highest BCUT2D eigenvalue weighted by Crippen LogP contribution is 2.33. The predicted molar refractivity (Wildman–Crippen MR) is 174 cm³/mol. The number of benzene rings is 3. The van der Waals surface area contributed by atoms with Gasteiger partial charge in [0.25, 0.3) is 0 Å².